The summed E-state index contributed by atoms with van der Waals surface area (Å²) < 4.78 is 7.04. The normalized spacial score (nSPS) is 15.9. The van der Waals surface area contributed by atoms with E-state index in [0.717, 1.165) is 0 Å². The van der Waals surface area contributed by atoms with Crippen LogP contribution >= 0.6 is 15.9 Å². The fraction of sp³-hybridized carbons (Fsp3) is 0.417. The summed E-state index contributed by atoms with van der Waals surface area (Å²) in [7, 11) is 1.58. The molecular weight excluding hydrogens is 328 g/mol. The molecule has 0 bridgehead atoms. The first-order chi connectivity index (χ1) is 9.52. The van der Waals surface area contributed by atoms with E-state index in [9.17, 15) is 9.59 Å². The fourth-order valence-electron chi connectivity index (χ4n) is 2.41. The van der Waals surface area contributed by atoms with E-state index in [2.05, 4.69) is 26.0 Å². The number of hydrogen-bond donors (Lipinski definition) is 1. The molecule has 2 aromatic rings. The molecular formula is C12H13BrN4O3. The van der Waals surface area contributed by atoms with E-state index in [0.29, 0.717) is 22.4 Å². The van der Waals surface area contributed by atoms with Crippen molar-refractivity contribution in [1.29, 1.82) is 0 Å². The van der Waals surface area contributed by atoms with E-state index in [1.54, 1.807) is 18.1 Å². The Morgan fingerprint density at radius 1 is 1.55 bits per heavy atom. The standard InChI is InChI=1S/C12H13BrN4O3/c1-6(5-20-2)16-4-7-10(12(16)19)14-9-3-8(13)15-17(9)11(7)18/h3,6,15H,4-5H2,1-2H3. The van der Waals surface area contributed by atoms with E-state index < -0.39 is 0 Å². The van der Waals surface area contributed by atoms with Gasteiger partial charge in [-0.2, -0.15) is 0 Å². The van der Waals surface area contributed by atoms with Crippen LogP contribution in [0.15, 0.2) is 15.5 Å². The van der Waals surface area contributed by atoms with Gasteiger partial charge in [0.2, 0.25) is 0 Å². The van der Waals surface area contributed by atoms with Gasteiger partial charge in [-0.05, 0) is 22.9 Å². The third-order valence-electron chi connectivity index (χ3n) is 3.41. The Morgan fingerprint density at radius 3 is 3.00 bits per heavy atom. The first kappa shape index (κ1) is 13.3. The molecule has 0 aliphatic carbocycles. The molecule has 1 unspecified atom stereocenters. The summed E-state index contributed by atoms with van der Waals surface area (Å²) in [6, 6.07) is 1.56. The molecule has 8 heteroatoms. The number of methoxy groups -OCH3 is 1. The highest BCUT2D eigenvalue weighted by molar-refractivity contribution is 9.10. The van der Waals surface area contributed by atoms with Gasteiger partial charge in [-0.1, -0.05) is 0 Å². The van der Waals surface area contributed by atoms with Gasteiger partial charge >= 0.3 is 0 Å². The second-order valence-electron chi connectivity index (χ2n) is 4.78. The molecule has 0 radical (unpaired) electrons. The van der Waals surface area contributed by atoms with Crippen LogP contribution in [0.25, 0.3) is 5.65 Å². The van der Waals surface area contributed by atoms with Crippen molar-refractivity contribution in [2.45, 2.75) is 19.5 Å². The van der Waals surface area contributed by atoms with Crippen LogP contribution < -0.4 is 5.56 Å². The molecule has 1 N–H and O–H groups in total. The zero-order valence-electron chi connectivity index (χ0n) is 11.0. The van der Waals surface area contributed by atoms with Gasteiger partial charge in [-0.25, -0.2) is 9.50 Å². The SMILES string of the molecule is COCC(C)N1Cc2c(nc3cc(Br)[nH]n3c2=O)C1=O. The molecule has 1 aliphatic heterocycles. The number of nitrogens with one attached hydrogen (secondary N) is 1. The topological polar surface area (TPSA) is 79.7 Å². The largest absolute Gasteiger partial charge is 0.383 e. The number of fused-ring (bicyclic) bond motifs is 2. The van der Waals surface area contributed by atoms with E-state index in [1.165, 1.54) is 4.52 Å². The van der Waals surface area contributed by atoms with Gasteiger partial charge in [0.25, 0.3) is 11.5 Å². The molecule has 1 amide bonds. The number of H-pyrrole nitrogens is 1. The summed E-state index contributed by atoms with van der Waals surface area (Å²) in [5, 5.41) is 2.84. The minimum Gasteiger partial charge on any atom is -0.383 e. The van der Waals surface area contributed by atoms with Gasteiger partial charge in [0.1, 0.15) is 10.3 Å². The number of carbonyl (C=O) groups excluding carboxylic acids is 1. The smallest absolute Gasteiger partial charge is 0.278 e. The van der Waals surface area contributed by atoms with Crippen LogP contribution in [0.1, 0.15) is 23.0 Å². The summed E-state index contributed by atoms with van der Waals surface area (Å²) in [6.07, 6.45) is 0. The highest BCUT2D eigenvalue weighted by Crippen LogP contribution is 2.22. The lowest BCUT2D eigenvalue weighted by Crippen LogP contribution is -2.36. The Balaban J connectivity index is 2.10. The third kappa shape index (κ3) is 1.87. The second kappa shape index (κ2) is 4.71. The molecule has 0 spiro atoms. The molecule has 1 atom stereocenters. The van der Waals surface area contributed by atoms with Crippen LogP contribution in [-0.2, 0) is 11.3 Å². The minimum absolute atomic E-state index is 0.101. The third-order valence-corrected chi connectivity index (χ3v) is 3.82. The minimum atomic E-state index is -0.240. The predicted octanol–water partition coefficient (Wildman–Crippen LogP) is 0.776. The predicted molar refractivity (Wildman–Crippen MR) is 74.7 cm³/mol. The Bertz CT molecular complexity index is 751. The lowest BCUT2D eigenvalue weighted by atomic mass is 10.2. The van der Waals surface area contributed by atoms with Gasteiger partial charge < -0.3 is 9.64 Å². The summed E-state index contributed by atoms with van der Waals surface area (Å²) in [5.74, 6) is -0.221. The van der Waals surface area contributed by atoms with Gasteiger partial charge in [-0.15, -0.1) is 0 Å². The Hall–Kier alpha value is -1.67. The number of rotatable bonds is 3. The number of amides is 1. The highest BCUT2D eigenvalue weighted by Gasteiger charge is 2.35. The van der Waals surface area contributed by atoms with Crippen LogP contribution in [0.2, 0.25) is 0 Å². The number of hydrogen-bond acceptors (Lipinski definition) is 4. The molecule has 3 heterocycles. The van der Waals surface area contributed by atoms with Crippen LogP contribution in [-0.4, -0.2) is 45.2 Å². The molecule has 0 fully saturated rings. The zero-order chi connectivity index (χ0) is 14.4. The molecule has 3 rings (SSSR count). The van der Waals surface area contributed by atoms with Crippen molar-refractivity contribution in [2.24, 2.45) is 0 Å². The van der Waals surface area contributed by atoms with E-state index in [4.69, 9.17) is 4.74 Å². The highest BCUT2D eigenvalue weighted by atomic mass is 79.9. The van der Waals surface area contributed by atoms with Gasteiger partial charge in [-0.3, -0.25) is 14.7 Å². The molecule has 2 aromatic heterocycles. The van der Waals surface area contributed by atoms with Crippen molar-refractivity contribution >= 4 is 27.5 Å². The second-order valence-corrected chi connectivity index (χ2v) is 5.63. The maximum absolute atomic E-state index is 12.4. The van der Waals surface area contributed by atoms with Crippen LogP contribution in [0.4, 0.5) is 0 Å². The lowest BCUT2D eigenvalue weighted by molar-refractivity contribution is 0.0584. The zero-order valence-corrected chi connectivity index (χ0v) is 12.6. The fourth-order valence-corrected chi connectivity index (χ4v) is 2.80. The number of carbonyl (C=O) groups is 1. The Kier molecular flexibility index (Phi) is 3.14. The summed E-state index contributed by atoms with van der Waals surface area (Å²) in [5.41, 5.74) is 0.848. The molecule has 20 heavy (non-hydrogen) atoms. The first-order valence-corrected chi connectivity index (χ1v) is 6.92. The molecule has 0 saturated heterocycles. The molecule has 0 saturated carbocycles. The number of halogens is 1. The van der Waals surface area contributed by atoms with Crippen molar-refractivity contribution < 1.29 is 9.53 Å². The van der Waals surface area contributed by atoms with Crippen LogP contribution in [0.3, 0.4) is 0 Å². The van der Waals surface area contributed by atoms with Gasteiger partial charge in [0.05, 0.1) is 24.8 Å². The molecule has 1 aliphatic rings. The van der Waals surface area contributed by atoms with Crippen molar-refractivity contribution in [3.05, 3.63) is 32.3 Å². The van der Waals surface area contributed by atoms with Crippen molar-refractivity contribution in [1.82, 2.24) is 19.5 Å². The lowest BCUT2D eigenvalue weighted by Gasteiger charge is -2.22. The molecule has 7 nitrogen and oxygen atoms in total. The molecule has 106 valence electrons. The van der Waals surface area contributed by atoms with Crippen molar-refractivity contribution in [3.63, 3.8) is 0 Å². The number of aromatic amines is 1. The molecule has 0 aromatic carbocycles. The Labute approximate surface area is 122 Å². The van der Waals surface area contributed by atoms with E-state index in [1.807, 2.05) is 6.92 Å². The number of aromatic nitrogens is 3. The Morgan fingerprint density at radius 2 is 2.30 bits per heavy atom. The number of ether oxygens (including phenoxy) is 1. The van der Waals surface area contributed by atoms with E-state index >= 15 is 0 Å². The monoisotopic (exact) mass is 340 g/mol. The number of nitrogens with zero attached hydrogens (tertiary/aromatic N) is 3. The quantitative estimate of drug-likeness (QED) is 0.895. The van der Waals surface area contributed by atoms with Crippen LogP contribution in [0.5, 0.6) is 0 Å². The summed E-state index contributed by atoms with van der Waals surface area (Å²) in [6.45, 7) is 2.57. The maximum atomic E-state index is 12.4. The van der Waals surface area contributed by atoms with Gasteiger partial charge in [0, 0.05) is 13.2 Å². The first-order valence-electron chi connectivity index (χ1n) is 6.13. The van der Waals surface area contributed by atoms with Crippen molar-refractivity contribution in [2.75, 3.05) is 13.7 Å². The summed E-state index contributed by atoms with van der Waals surface area (Å²) >= 11 is 3.25. The summed E-state index contributed by atoms with van der Waals surface area (Å²) in [4.78, 5) is 30.6. The maximum Gasteiger partial charge on any atom is 0.278 e. The van der Waals surface area contributed by atoms with E-state index in [-0.39, 0.29) is 29.7 Å². The van der Waals surface area contributed by atoms with Crippen LogP contribution in [0, 0.1) is 0 Å². The average Bonchev–Trinajstić information content (AvgIpc) is 2.92. The van der Waals surface area contributed by atoms with Gasteiger partial charge in [0.15, 0.2) is 5.65 Å². The van der Waals surface area contributed by atoms with Crippen molar-refractivity contribution in [3.8, 4) is 0 Å². The average molecular weight is 341 g/mol.